The standard InChI is InChI=1S/C22H33NO/c1-8-10-11-21(23-17(7)15(3)4)19-12-13-20(18(9-2)14-19)22(24)16(5)6/h11-16H,8-10H2,1-7H3/b21-11-,23-17?. The van der Waals surface area contributed by atoms with Gasteiger partial charge in [-0.15, -0.1) is 0 Å². The van der Waals surface area contributed by atoms with Crippen molar-refractivity contribution < 1.29 is 4.79 Å². The Balaban J connectivity index is 3.35. The van der Waals surface area contributed by atoms with Crippen molar-refractivity contribution in [2.24, 2.45) is 16.8 Å². The highest BCUT2D eigenvalue weighted by Gasteiger charge is 2.15. The maximum absolute atomic E-state index is 12.4. The van der Waals surface area contributed by atoms with Crippen molar-refractivity contribution in [1.29, 1.82) is 0 Å². The lowest BCUT2D eigenvalue weighted by Gasteiger charge is -2.13. The number of ketones is 1. The van der Waals surface area contributed by atoms with Gasteiger partial charge in [0.2, 0.25) is 0 Å². The molecule has 1 aromatic rings. The second-order valence-electron chi connectivity index (χ2n) is 7.03. The summed E-state index contributed by atoms with van der Waals surface area (Å²) in [6, 6.07) is 6.18. The molecule has 0 amide bonds. The Hall–Kier alpha value is -1.70. The van der Waals surface area contributed by atoms with Crippen LogP contribution in [0.3, 0.4) is 0 Å². The van der Waals surface area contributed by atoms with Gasteiger partial charge in [-0.05, 0) is 37.3 Å². The molecule has 0 saturated heterocycles. The molecule has 24 heavy (non-hydrogen) atoms. The van der Waals surface area contributed by atoms with E-state index in [-0.39, 0.29) is 11.7 Å². The van der Waals surface area contributed by atoms with Gasteiger partial charge in [-0.2, -0.15) is 0 Å². The molecule has 0 heterocycles. The molecule has 2 heteroatoms. The van der Waals surface area contributed by atoms with Gasteiger partial charge >= 0.3 is 0 Å². The summed E-state index contributed by atoms with van der Waals surface area (Å²) < 4.78 is 0. The van der Waals surface area contributed by atoms with E-state index in [1.807, 2.05) is 26.0 Å². The van der Waals surface area contributed by atoms with E-state index in [0.29, 0.717) is 5.92 Å². The van der Waals surface area contributed by atoms with Crippen LogP contribution in [0.2, 0.25) is 0 Å². The number of rotatable bonds is 8. The second kappa shape index (κ2) is 9.56. The summed E-state index contributed by atoms with van der Waals surface area (Å²) in [5.41, 5.74) is 5.25. The van der Waals surface area contributed by atoms with Crippen molar-refractivity contribution in [1.82, 2.24) is 0 Å². The monoisotopic (exact) mass is 327 g/mol. The van der Waals surface area contributed by atoms with E-state index in [0.717, 1.165) is 47.4 Å². The molecule has 0 aliphatic rings. The fourth-order valence-electron chi connectivity index (χ4n) is 2.43. The van der Waals surface area contributed by atoms with Crippen LogP contribution in [0.15, 0.2) is 29.3 Å². The van der Waals surface area contributed by atoms with Gasteiger partial charge in [0.1, 0.15) is 0 Å². The summed E-state index contributed by atoms with van der Waals surface area (Å²) in [7, 11) is 0. The lowest BCUT2D eigenvalue weighted by molar-refractivity contribution is 0.0938. The summed E-state index contributed by atoms with van der Waals surface area (Å²) in [5.74, 6) is 0.680. The Kier molecular flexibility index (Phi) is 8.10. The zero-order valence-electron chi connectivity index (χ0n) is 16.4. The van der Waals surface area contributed by atoms with Crippen LogP contribution in [0.5, 0.6) is 0 Å². The Morgan fingerprint density at radius 3 is 2.29 bits per heavy atom. The first-order valence-electron chi connectivity index (χ1n) is 9.24. The predicted octanol–water partition coefficient (Wildman–Crippen LogP) is 6.35. The van der Waals surface area contributed by atoms with Gasteiger partial charge in [-0.25, -0.2) is 0 Å². The van der Waals surface area contributed by atoms with Crippen LogP contribution < -0.4 is 0 Å². The van der Waals surface area contributed by atoms with Crippen LogP contribution >= 0.6 is 0 Å². The Morgan fingerprint density at radius 2 is 1.79 bits per heavy atom. The van der Waals surface area contributed by atoms with Crippen molar-refractivity contribution in [3.8, 4) is 0 Å². The van der Waals surface area contributed by atoms with Gasteiger partial charge in [-0.1, -0.05) is 66.2 Å². The smallest absolute Gasteiger partial charge is 0.165 e. The molecule has 0 radical (unpaired) electrons. The van der Waals surface area contributed by atoms with Crippen LogP contribution in [-0.4, -0.2) is 11.5 Å². The third kappa shape index (κ3) is 5.43. The minimum absolute atomic E-state index is 0.0254. The largest absolute Gasteiger partial charge is 0.294 e. The predicted molar refractivity (Wildman–Crippen MR) is 106 cm³/mol. The number of nitrogens with zero attached hydrogens (tertiary/aromatic N) is 1. The second-order valence-corrected chi connectivity index (χ2v) is 7.03. The van der Waals surface area contributed by atoms with Crippen molar-refractivity contribution in [3.05, 3.63) is 41.0 Å². The third-order valence-electron chi connectivity index (χ3n) is 4.33. The number of Topliss-reactive ketones (excluding diaryl/α,β-unsaturated/α-hetero) is 1. The number of hydrogen-bond donors (Lipinski definition) is 0. The number of allylic oxidation sites excluding steroid dienone is 1. The summed E-state index contributed by atoms with van der Waals surface area (Å²) in [5, 5.41) is 0. The van der Waals surface area contributed by atoms with E-state index in [1.54, 1.807) is 0 Å². The van der Waals surface area contributed by atoms with Crippen molar-refractivity contribution in [2.75, 3.05) is 0 Å². The summed E-state index contributed by atoms with van der Waals surface area (Å²) >= 11 is 0. The molecule has 132 valence electrons. The van der Waals surface area contributed by atoms with Gasteiger partial charge in [-0.3, -0.25) is 9.79 Å². The minimum Gasteiger partial charge on any atom is -0.294 e. The summed E-state index contributed by atoms with van der Waals surface area (Å²) in [4.78, 5) is 17.3. The highest BCUT2D eigenvalue weighted by molar-refractivity contribution is 5.99. The summed E-state index contributed by atoms with van der Waals surface area (Å²) in [6.07, 6.45) is 5.18. The van der Waals surface area contributed by atoms with Gasteiger partial charge in [0.25, 0.3) is 0 Å². The molecule has 0 unspecified atom stereocenters. The molecule has 1 aromatic carbocycles. The van der Waals surface area contributed by atoms with E-state index in [9.17, 15) is 4.79 Å². The van der Waals surface area contributed by atoms with E-state index in [1.165, 1.54) is 0 Å². The molecule has 0 aliphatic carbocycles. The van der Waals surface area contributed by atoms with Crippen LogP contribution in [0.25, 0.3) is 5.70 Å². The first-order chi connectivity index (χ1) is 11.3. The highest BCUT2D eigenvalue weighted by Crippen LogP contribution is 2.24. The zero-order valence-corrected chi connectivity index (χ0v) is 16.4. The first-order valence-corrected chi connectivity index (χ1v) is 9.24. The molecule has 0 aromatic heterocycles. The normalized spacial score (nSPS) is 13.0. The average molecular weight is 328 g/mol. The lowest BCUT2D eigenvalue weighted by Crippen LogP contribution is -2.10. The molecule has 0 aliphatic heterocycles. The molecular formula is C22H33NO. The van der Waals surface area contributed by atoms with Gasteiger partial charge in [0.15, 0.2) is 5.78 Å². The Labute approximate surface area is 148 Å². The van der Waals surface area contributed by atoms with Gasteiger partial charge in [0, 0.05) is 22.8 Å². The fourth-order valence-corrected chi connectivity index (χ4v) is 2.43. The average Bonchev–Trinajstić information content (AvgIpc) is 2.56. The van der Waals surface area contributed by atoms with Gasteiger partial charge in [0.05, 0.1) is 5.70 Å². The Bertz CT molecular complexity index is 621. The van der Waals surface area contributed by atoms with E-state index >= 15 is 0 Å². The number of aryl methyl sites for hydroxylation is 1. The molecule has 0 bridgehead atoms. The maximum Gasteiger partial charge on any atom is 0.165 e. The number of carbonyl (C=O) groups excluding carboxylic acids is 1. The highest BCUT2D eigenvalue weighted by atomic mass is 16.1. The van der Waals surface area contributed by atoms with E-state index < -0.39 is 0 Å². The molecule has 1 rings (SSSR count). The molecule has 0 fully saturated rings. The van der Waals surface area contributed by atoms with Crippen LogP contribution in [0.4, 0.5) is 0 Å². The topological polar surface area (TPSA) is 29.4 Å². The molecule has 0 spiro atoms. The molecule has 0 atom stereocenters. The van der Waals surface area contributed by atoms with Crippen molar-refractivity contribution in [3.63, 3.8) is 0 Å². The number of aliphatic imine (C=N–C) groups is 1. The molecule has 0 N–H and O–H groups in total. The van der Waals surface area contributed by atoms with Crippen LogP contribution in [0.1, 0.15) is 82.8 Å². The number of hydrogen-bond acceptors (Lipinski definition) is 2. The number of carbonyl (C=O) groups is 1. The maximum atomic E-state index is 12.4. The molecular weight excluding hydrogens is 294 g/mol. The first kappa shape index (κ1) is 20.3. The van der Waals surface area contributed by atoms with Gasteiger partial charge < -0.3 is 0 Å². The lowest BCUT2D eigenvalue weighted by atomic mass is 9.93. The Morgan fingerprint density at radius 1 is 1.12 bits per heavy atom. The third-order valence-corrected chi connectivity index (χ3v) is 4.33. The molecule has 0 saturated carbocycles. The summed E-state index contributed by atoms with van der Waals surface area (Å²) in [6.45, 7) is 14.6. The fraction of sp³-hybridized carbons (Fsp3) is 0.545. The van der Waals surface area contributed by atoms with Crippen molar-refractivity contribution in [2.45, 2.75) is 67.7 Å². The van der Waals surface area contributed by atoms with Crippen molar-refractivity contribution >= 4 is 17.2 Å². The number of benzene rings is 1. The van der Waals surface area contributed by atoms with E-state index in [4.69, 9.17) is 4.99 Å². The van der Waals surface area contributed by atoms with Crippen LogP contribution in [0, 0.1) is 11.8 Å². The SMILES string of the molecule is CCC/C=C(\N=C(C)C(C)C)c1ccc(C(=O)C(C)C)c(CC)c1. The number of unbranched alkanes of at least 4 members (excludes halogenated alkanes) is 1. The molecule has 2 nitrogen and oxygen atoms in total. The van der Waals surface area contributed by atoms with Crippen LogP contribution in [-0.2, 0) is 6.42 Å². The quantitative estimate of drug-likeness (QED) is 0.404. The minimum atomic E-state index is 0.0254. The van der Waals surface area contributed by atoms with E-state index in [2.05, 4.69) is 46.8 Å². The zero-order chi connectivity index (χ0) is 18.3.